The second-order valence-corrected chi connectivity index (χ2v) is 3.75. The van der Waals surface area contributed by atoms with Gasteiger partial charge in [0, 0.05) is 24.3 Å². The van der Waals surface area contributed by atoms with Gasteiger partial charge in [0.05, 0.1) is 5.71 Å². The van der Waals surface area contributed by atoms with E-state index in [4.69, 9.17) is 5.21 Å². The van der Waals surface area contributed by atoms with E-state index in [1.54, 1.807) is 0 Å². The van der Waals surface area contributed by atoms with E-state index in [0.717, 1.165) is 37.2 Å². The highest BCUT2D eigenvalue weighted by Gasteiger charge is 2.17. The van der Waals surface area contributed by atoms with Gasteiger partial charge in [0.2, 0.25) is 0 Å². The summed E-state index contributed by atoms with van der Waals surface area (Å²) in [6.45, 7) is 4.18. The largest absolute Gasteiger partial charge is 0.411 e. The standard InChI is InChI=1S/C12H16N2O/c1-2-14-9-5-7-11(13-15)10-6-3-4-8-12(10)14/h3-4,6,8,15H,2,5,7,9H2,1H3/b13-11-. The summed E-state index contributed by atoms with van der Waals surface area (Å²) in [6.07, 6.45) is 1.89. The average Bonchev–Trinajstić information content (AvgIpc) is 2.47. The molecule has 1 heterocycles. The van der Waals surface area contributed by atoms with E-state index in [1.165, 1.54) is 5.69 Å². The zero-order valence-electron chi connectivity index (χ0n) is 8.98. The third kappa shape index (κ3) is 1.82. The predicted molar refractivity (Wildman–Crippen MR) is 61.9 cm³/mol. The molecule has 0 unspecified atom stereocenters. The van der Waals surface area contributed by atoms with Gasteiger partial charge >= 0.3 is 0 Å². The van der Waals surface area contributed by atoms with Gasteiger partial charge in [0.25, 0.3) is 0 Å². The zero-order valence-corrected chi connectivity index (χ0v) is 8.98. The van der Waals surface area contributed by atoms with Gasteiger partial charge in [-0.3, -0.25) is 0 Å². The normalized spacial score (nSPS) is 18.7. The monoisotopic (exact) mass is 204 g/mol. The first kappa shape index (κ1) is 10.0. The number of benzene rings is 1. The Kier molecular flexibility index (Phi) is 2.90. The molecule has 3 nitrogen and oxygen atoms in total. The molecule has 1 aromatic rings. The first-order valence-electron chi connectivity index (χ1n) is 5.42. The number of hydrogen-bond donors (Lipinski definition) is 1. The number of oxime groups is 1. The maximum Gasteiger partial charge on any atom is 0.0889 e. The van der Waals surface area contributed by atoms with Crippen LogP contribution < -0.4 is 4.90 Å². The smallest absolute Gasteiger partial charge is 0.0889 e. The molecule has 80 valence electrons. The Bertz CT molecular complexity index is 374. The van der Waals surface area contributed by atoms with Crippen LogP contribution in [0.1, 0.15) is 25.3 Å². The van der Waals surface area contributed by atoms with Gasteiger partial charge in [-0.1, -0.05) is 23.4 Å². The van der Waals surface area contributed by atoms with Crippen LogP contribution in [0.5, 0.6) is 0 Å². The first-order valence-corrected chi connectivity index (χ1v) is 5.42. The number of hydrogen-bond acceptors (Lipinski definition) is 3. The summed E-state index contributed by atoms with van der Waals surface area (Å²) in [4.78, 5) is 2.33. The lowest BCUT2D eigenvalue weighted by Crippen LogP contribution is -2.23. The van der Waals surface area contributed by atoms with Crippen LogP contribution in [0.25, 0.3) is 0 Å². The molecule has 2 rings (SSSR count). The lowest BCUT2D eigenvalue weighted by atomic mass is 10.1. The minimum absolute atomic E-state index is 0.807. The summed E-state index contributed by atoms with van der Waals surface area (Å²) in [7, 11) is 0. The fourth-order valence-corrected chi connectivity index (χ4v) is 2.12. The van der Waals surface area contributed by atoms with Gasteiger partial charge < -0.3 is 10.1 Å². The van der Waals surface area contributed by atoms with Crippen LogP contribution in [0.15, 0.2) is 29.4 Å². The van der Waals surface area contributed by atoms with Crippen LogP contribution in [0.2, 0.25) is 0 Å². The summed E-state index contributed by atoms with van der Waals surface area (Å²) in [5.74, 6) is 0. The van der Waals surface area contributed by atoms with Crippen molar-refractivity contribution in [1.29, 1.82) is 0 Å². The molecule has 0 amide bonds. The Morgan fingerprint density at radius 3 is 2.93 bits per heavy atom. The molecule has 1 aromatic carbocycles. The van der Waals surface area contributed by atoms with E-state index in [9.17, 15) is 0 Å². The molecule has 0 bridgehead atoms. The van der Waals surface area contributed by atoms with Crippen LogP contribution in [0.4, 0.5) is 5.69 Å². The lowest BCUT2D eigenvalue weighted by Gasteiger charge is -2.22. The van der Waals surface area contributed by atoms with Crippen molar-refractivity contribution in [2.75, 3.05) is 18.0 Å². The maximum absolute atomic E-state index is 8.99. The quantitative estimate of drug-likeness (QED) is 0.563. The average molecular weight is 204 g/mol. The van der Waals surface area contributed by atoms with Crippen LogP contribution in [0, 0.1) is 0 Å². The molecule has 3 heteroatoms. The van der Waals surface area contributed by atoms with Crippen molar-refractivity contribution < 1.29 is 5.21 Å². The Hall–Kier alpha value is -1.51. The number of para-hydroxylation sites is 1. The van der Waals surface area contributed by atoms with Crippen molar-refractivity contribution in [2.45, 2.75) is 19.8 Å². The number of anilines is 1. The Labute approximate surface area is 90.0 Å². The van der Waals surface area contributed by atoms with Gasteiger partial charge in [0.1, 0.15) is 0 Å². The van der Waals surface area contributed by atoms with Gasteiger partial charge in [-0.15, -0.1) is 0 Å². The summed E-state index contributed by atoms with van der Waals surface area (Å²) in [6, 6.07) is 8.14. The van der Waals surface area contributed by atoms with E-state index in [2.05, 4.69) is 23.0 Å². The molecule has 1 aliphatic heterocycles. The molecule has 1 aliphatic rings. The highest BCUT2D eigenvalue weighted by atomic mass is 16.4. The molecule has 0 radical (unpaired) electrons. The van der Waals surface area contributed by atoms with E-state index in [1.807, 2.05) is 18.2 Å². The third-order valence-corrected chi connectivity index (χ3v) is 2.90. The molecule has 0 spiro atoms. The van der Waals surface area contributed by atoms with Gasteiger partial charge in [-0.2, -0.15) is 0 Å². The molecule has 0 atom stereocenters. The predicted octanol–water partition coefficient (Wildman–Crippen LogP) is 2.49. The molecule has 0 saturated heterocycles. The Morgan fingerprint density at radius 2 is 2.20 bits per heavy atom. The Morgan fingerprint density at radius 1 is 1.40 bits per heavy atom. The maximum atomic E-state index is 8.99. The molecule has 0 fully saturated rings. The number of nitrogens with zero attached hydrogens (tertiary/aromatic N) is 2. The van der Waals surface area contributed by atoms with Gasteiger partial charge in [-0.25, -0.2) is 0 Å². The SMILES string of the molecule is CCN1CCC/C(=N/O)c2ccccc21. The van der Waals surface area contributed by atoms with E-state index in [0.29, 0.717) is 0 Å². The van der Waals surface area contributed by atoms with Crippen LogP contribution in [0.3, 0.4) is 0 Å². The topological polar surface area (TPSA) is 35.8 Å². The van der Waals surface area contributed by atoms with Crippen molar-refractivity contribution in [2.24, 2.45) is 5.16 Å². The summed E-state index contributed by atoms with van der Waals surface area (Å²) in [5, 5.41) is 12.4. The van der Waals surface area contributed by atoms with E-state index >= 15 is 0 Å². The highest BCUT2D eigenvalue weighted by molar-refractivity contribution is 6.05. The van der Waals surface area contributed by atoms with Crippen molar-refractivity contribution >= 4 is 11.4 Å². The van der Waals surface area contributed by atoms with Crippen LogP contribution >= 0.6 is 0 Å². The summed E-state index contributed by atoms with van der Waals surface area (Å²) < 4.78 is 0. The Balaban J connectivity index is 2.49. The van der Waals surface area contributed by atoms with Crippen molar-refractivity contribution in [3.05, 3.63) is 29.8 Å². The second-order valence-electron chi connectivity index (χ2n) is 3.75. The summed E-state index contributed by atoms with van der Waals surface area (Å²) in [5.41, 5.74) is 3.06. The van der Waals surface area contributed by atoms with Crippen molar-refractivity contribution in [1.82, 2.24) is 0 Å². The summed E-state index contributed by atoms with van der Waals surface area (Å²) >= 11 is 0. The van der Waals surface area contributed by atoms with E-state index in [-0.39, 0.29) is 0 Å². The van der Waals surface area contributed by atoms with Crippen molar-refractivity contribution in [3.63, 3.8) is 0 Å². The third-order valence-electron chi connectivity index (χ3n) is 2.90. The minimum Gasteiger partial charge on any atom is -0.411 e. The zero-order chi connectivity index (χ0) is 10.7. The fourth-order valence-electron chi connectivity index (χ4n) is 2.12. The highest BCUT2D eigenvalue weighted by Crippen LogP contribution is 2.26. The minimum atomic E-state index is 0.807. The second kappa shape index (κ2) is 4.34. The lowest BCUT2D eigenvalue weighted by molar-refractivity contribution is 0.318. The molecule has 0 aliphatic carbocycles. The number of fused-ring (bicyclic) bond motifs is 1. The first-order chi connectivity index (χ1) is 7.36. The van der Waals surface area contributed by atoms with Gasteiger partial charge in [0.15, 0.2) is 0 Å². The molecular weight excluding hydrogens is 188 g/mol. The van der Waals surface area contributed by atoms with Crippen molar-refractivity contribution in [3.8, 4) is 0 Å². The van der Waals surface area contributed by atoms with Crippen LogP contribution in [-0.2, 0) is 0 Å². The number of rotatable bonds is 1. The molecule has 15 heavy (non-hydrogen) atoms. The van der Waals surface area contributed by atoms with Crippen LogP contribution in [-0.4, -0.2) is 24.0 Å². The molecule has 0 saturated carbocycles. The molecular formula is C12H16N2O. The van der Waals surface area contributed by atoms with Gasteiger partial charge in [-0.05, 0) is 25.8 Å². The molecule has 0 aromatic heterocycles. The fraction of sp³-hybridized carbons (Fsp3) is 0.417. The van der Waals surface area contributed by atoms with E-state index < -0.39 is 0 Å². The molecule has 1 N–H and O–H groups in total.